The molecule has 0 fully saturated rings. The van der Waals surface area contributed by atoms with Crippen LogP contribution in [-0.4, -0.2) is 21.2 Å². The van der Waals surface area contributed by atoms with Crippen LogP contribution in [0.4, 0.5) is 5.82 Å². The molecule has 2 aromatic rings. The van der Waals surface area contributed by atoms with Crippen molar-refractivity contribution in [3.63, 3.8) is 0 Å². The van der Waals surface area contributed by atoms with Crippen molar-refractivity contribution in [2.75, 3.05) is 5.73 Å². The third-order valence-electron chi connectivity index (χ3n) is 2.39. The largest absolute Gasteiger partial charge is 0.507 e. The highest BCUT2D eigenvalue weighted by molar-refractivity contribution is 9.10. The lowest BCUT2D eigenvalue weighted by atomic mass is 10.2. The summed E-state index contributed by atoms with van der Waals surface area (Å²) in [6, 6.07) is 4.65. The zero-order valence-electron chi connectivity index (χ0n) is 9.27. The Hall–Kier alpha value is -2.02. The summed E-state index contributed by atoms with van der Waals surface area (Å²) in [6.45, 7) is 0.243. The van der Waals surface area contributed by atoms with Crippen LogP contribution in [0.5, 0.6) is 5.75 Å². The Kier molecular flexibility index (Phi) is 3.52. The van der Waals surface area contributed by atoms with E-state index in [2.05, 4.69) is 31.4 Å². The minimum Gasteiger partial charge on any atom is -0.507 e. The molecule has 6 nitrogen and oxygen atoms in total. The maximum Gasteiger partial charge on any atom is 0.255 e. The number of halogens is 1. The Balaban J connectivity index is 2.08. The van der Waals surface area contributed by atoms with Gasteiger partial charge in [-0.25, -0.2) is 0 Å². The molecule has 94 valence electrons. The van der Waals surface area contributed by atoms with E-state index < -0.39 is 0 Å². The fraction of sp³-hybridized carbons (Fsp3) is 0.0909. The average Bonchev–Trinajstić information content (AvgIpc) is 2.75. The summed E-state index contributed by atoms with van der Waals surface area (Å²) in [6.07, 6.45) is 1.54. The molecule has 5 N–H and O–H groups in total. The first kappa shape index (κ1) is 12.4. The first-order chi connectivity index (χ1) is 8.58. The van der Waals surface area contributed by atoms with Gasteiger partial charge >= 0.3 is 0 Å². The molecule has 0 spiro atoms. The van der Waals surface area contributed by atoms with E-state index in [1.54, 1.807) is 12.1 Å². The van der Waals surface area contributed by atoms with E-state index in [9.17, 15) is 9.90 Å². The smallest absolute Gasteiger partial charge is 0.255 e. The maximum atomic E-state index is 11.9. The fourth-order valence-electron chi connectivity index (χ4n) is 1.42. The number of aromatic hydroxyl groups is 1. The van der Waals surface area contributed by atoms with Crippen molar-refractivity contribution in [3.8, 4) is 5.75 Å². The van der Waals surface area contributed by atoms with Gasteiger partial charge in [0.15, 0.2) is 0 Å². The zero-order valence-corrected chi connectivity index (χ0v) is 10.9. The summed E-state index contributed by atoms with van der Waals surface area (Å²) in [4.78, 5) is 11.9. The second-order valence-corrected chi connectivity index (χ2v) is 4.57. The molecule has 7 heteroatoms. The molecule has 0 atom stereocenters. The third-order valence-corrected chi connectivity index (χ3v) is 2.89. The first-order valence-electron chi connectivity index (χ1n) is 5.12. The highest BCUT2D eigenvalue weighted by atomic mass is 79.9. The number of rotatable bonds is 3. The first-order valence-corrected chi connectivity index (χ1v) is 5.91. The van der Waals surface area contributed by atoms with Crippen molar-refractivity contribution in [2.24, 2.45) is 0 Å². The summed E-state index contributed by atoms with van der Waals surface area (Å²) in [7, 11) is 0. The number of H-pyrrole nitrogens is 1. The molecule has 1 amide bonds. The Morgan fingerprint density at radius 2 is 2.33 bits per heavy atom. The highest BCUT2D eigenvalue weighted by Gasteiger charge is 2.12. The number of nitrogens with two attached hydrogens (primary N) is 1. The topological polar surface area (TPSA) is 104 Å². The Bertz CT molecular complexity index is 582. The maximum absolute atomic E-state index is 11.9. The van der Waals surface area contributed by atoms with Crippen molar-refractivity contribution < 1.29 is 9.90 Å². The van der Waals surface area contributed by atoms with Crippen LogP contribution in [0.15, 0.2) is 28.9 Å². The lowest BCUT2D eigenvalue weighted by molar-refractivity contribution is 0.0948. The standard InChI is InChI=1S/C11H11BrN4O2/c12-7-1-2-9(17)8(3-7)11(18)14-4-6-5-15-16-10(6)13/h1-3,5,17H,4H2,(H,14,18)(H3,13,15,16). The zero-order chi connectivity index (χ0) is 13.1. The Morgan fingerprint density at radius 3 is 3.00 bits per heavy atom. The van der Waals surface area contributed by atoms with E-state index in [-0.39, 0.29) is 23.8 Å². The van der Waals surface area contributed by atoms with E-state index in [4.69, 9.17) is 5.73 Å². The van der Waals surface area contributed by atoms with Crippen LogP contribution >= 0.6 is 15.9 Å². The van der Waals surface area contributed by atoms with Crippen molar-refractivity contribution in [1.82, 2.24) is 15.5 Å². The van der Waals surface area contributed by atoms with Crippen molar-refractivity contribution in [1.29, 1.82) is 0 Å². The molecule has 0 saturated heterocycles. The van der Waals surface area contributed by atoms with Gasteiger partial charge < -0.3 is 16.2 Å². The number of hydrogen-bond donors (Lipinski definition) is 4. The highest BCUT2D eigenvalue weighted by Crippen LogP contribution is 2.21. The summed E-state index contributed by atoms with van der Waals surface area (Å²) in [5, 5.41) is 18.6. The van der Waals surface area contributed by atoms with Gasteiger partial charge in [-0.2, -0.15) is 5.10 Å². The number of phenolic OH excluding ortho intramolecular Hbond substituents is 1. The summed E-state index contributed by atoms with van der Waals surface area (Å²) in [5.74, 6) is -0.0426. The van der Waals surface area contributed by atoms with E-state index in [1.165, 1.54) is 12.3 Å². The van der Waals surface area contributed by atoms with Crippen LogP contribution in [0.25, 0.3) is 0 Å². The number of nitrogens with one attached hydrogen (secondary N) is 2. The third kappa shape index (κ3) is 2.62. The molecule has 1 aromatic heterocycles. The number of carbonyl (C=O) groups excluding carboxylic acids is 1. The number of nitrogens with zero attached hydrogens (tertiary/aromatic N) is 1. The van der Waals surface area contributed by atoms with Crippen LogP contribution in [0, 0.1) is 0 Å². The quantitative estimate of drug-likeness (QED) is 0.687. The van der Waals surface area contributed by atoms with E-state index >= 15 is 0 Å². The molecule has 0 saturated carbocycles. The molecule has 1 heterocycles. The van der Waals surface area contributed by atoms with Crippen molar-refractivity contribution in [3.05, 3.63) is 40.0 Å². The van der Waals surface area contributed by atoms with Gasteiger partial charge in [0.1, 0.15) is 11.6 Å². The minimum absolute atomic E-state index is 0.0733. The molecule has 0 aliphatic rings. The molecule has 0 aliphatic heterocycles. The van der Waals surface area contributed by atoms with Gasteiger partial charge in [0.25, 0.3) is 5.91 Å². The summed E-state index contributed by atoms with van der Waals surface area (Å²) in [5.41, 5.74) is 6.49. The number of anilines is 1. The van der Waals surface area contributed by atoms with Gasteiger partial charge in [-0.15, -0.1) is 0 Å². The number of carbonyl (C=O) groups is 1. The average molecular weight is 311 g/mol. The Labute approximate surface area is 111 Å². The lowest BCUT2D eigenvalue weighted by Gasteiger charge is -2.06. The predicted octanol–water partition coefficient (Wildman–Crippen LogP) is 1.39. The molecule has 0 radical (unpaired) electrons. The van der Waals surface area contributed by atoms with Crippen molar-refractivity contribution >= 4 is 27.7 Å². The van der Waals surface area contributed by atoms with Gasteiger partial charge in [0, 0.05) is 16.6 Å². The van der Waals surface area contributed by atoms with Crippen LogP contribution in [0.2, 0.25) is 0 Å². The van der Waals surface area contributed by atoms with Crippen molar-refractivity contribution in [2.45, 2.75) is 6.54 Å². The van der Waals surface area contributed by atoms with E-state index in [1.807, 2.05) is 0 Å². The summed E-state index contributed by atoms with van der Waals surface area (Å²) < 4.78 is 0.716. The number of aromatic amines is 1. The van der Waals surface area contributed by atoms with Crippen LogP contribution in [0.3, 0.4) is 0 Å². The Morgan fingerprint density at radius 1 is 1.56 bits per heavy atom. The molecular formula is C11H11BrN4O2. The molecule has 0 aliphatic carbocycles. The molecule has 0 unspecified atom stereocenters. The number of phenols is 1. The van der Waals surface area contributed by atoms with Gasteiger partial charge in [0.2, 0.25) is 0 Å². The normalized spacial score (nSPS) is 10.3. The number of aromatic nitrogens is 2. The number of hydrogen-bond acceptors (Lipinski definition) is 4. The number of nitrogen functional groups attached to an aromatic ring is 1. The van der Waals surface area contributed by atoms with Crippen LogP contribution in [0.1, 0.15) is 15.9 Å². The monoisotopic (exact) mass is 310 g/mol. The number of benzene rings is 1. The van der Waals surface area contributed by atoms with Gasteiger partial charge in [-0.1, -0.05) is 15.9 Å². The van der Waals surface area contributed by atoms with Gasteiger partial charge in [-0.3, -0.25) is 9.89 Å². The molecular weight excluding hydrogens is 300 g/mol. The summed E-state index contributed by atoms with van der Waals surface area (Å²) >= 11 is 3.24. The van der Waals surface area contributed by atoms with Crippen LogP contribution in [-0.2, 0) is 6.54 Å². The second kappa shape index (κ2) is 5.09. The van der Waals surface area contributed by atoms with E-state index in [0.29, 0.717) is 15.9 Å². The SMILES string of the molecule is Nc1[nH]ncc1CNC(=O)c1cc(Br)ccc1O. The molecule has 0 bridgehead atoms. The number of amides is 1. The van der Waals surface area contributed by atoms with Gasteiger partial charge in [-0.05, 0) is 18.2 Å². The second-order valence-electron chi connectivity index (χ2n) is 3.65. The minimum atomic E-state index is -0.380. The molecule has 1 aromatic carbocycles. The lowest BCUT2D eigenvalue weighted by Crippen LogP contribution is -2.23. The predicted molar refractivity (Wildman–Crippen MR) is 70.0 cm³/mol. The van der Waals surface area contributed by atoms with Gasteiger partial charge in [0.05, 0.1) is 11.8 Å². The van der Waals surface area contributed by atoms with E-state index in [0.717, 1.165) is 0 Å². The molecule has 2 rings (SSSR count). The molecule has 18 heavy (non-hydrogen) atoms. The fourth-order valence-corrected chi connectivity index (χ4v) is 1.78. The van der Waals surface area contributed by atoms with Crippen LogP contribution < -0.4 is 11.1 Å².